The summed E-state index contributed by atoms with van der Waals surface area (Å²) in [5, 5.41) is 14.7. The van der Waals surface area contributed by atoms with Crippen molar-refractivity contribution < 1.29 is 19.4 Å². The summed E-state index contributed by atoms with van der Waals surface area (Å²) in [7, 11) is 1.57. The number of carbonyl (C=O) groups excluding carboxylic acids is 1. The first-order valence-electron chi connectivity index (χ1n) is 7.69. The number of nitrogens with zero attached hydrogens (tertiary/aromatic N) is 2. The number of carbonyl (C=O) groups is 2. The third-order valence-electron chi connectivity index (χ3n) is 3.89. The number of anilines is 1. The number of aromatic carboxylic acids is 1. The Labute approximate surface area is 155 Å². The fraction of sp³-hybridized carbons (Fsp3) is 0.105. The third-order valence-corrected chi connectivity index (χ3v) is 4.22. The molecule has 0 saturated carbocycles. The topological polar surface area (TPSA) is 79.2 Å². The molecule has 7 heteroatoms. The smallest absolute Gasteiger partial charge is 0.337 e. The van der Waals surface area contributed by atoms with E-state index in [2.05, 4.69) is 5.10 Å². The van der Waals surface area contributed by atoms with Gasteiger partial charge in [-0.15, -0.1) is 0 Å². The minimum absolute atomic E-state index is 0.0879. The lowest BCUT2D eigenvalue weighted by molar-refractivity contribution is -0.114. The van der Waals surface area contributed by atoms with Gasteiger partial charge < -0.3 is 9.84 Å². The van der Waals surface area contributed by atoms with Gasteiger partial charge in [0.15, 0.2) is 0 Å². The molecule has 1 heterocycles. The average Bonchev–Trinajstić information content (AvgIpc) is 2.90. The number of ether oxygens (including phenoxy) is 1. The first-order chi connectivity index (χ1) is 12.4. The van der Waals surface area contributed by atoms with Gasteiger partial charge in [0.1, 0.15) is 5.75 Å². The zero-order valence-electron chi connectivity index (χ0n) is 14.1. The maximum atomic E-state index is 12.8. The van der Waals surface area contributed by atoms with Crippen LogP contribution in [0.2, 0.25) is 5.02 Å². The minimum Gasteiger partial charge on any atom is -0.497 e. The molecule has 1 aliphatic rings. The maximum Gasteiger partial charge on any atom is 0.337 e. The van der Waals surface area contributed by atoms with Gasteiger partial charge in [0.05, 0.1) is 34.7 Å². The lowest BCUT2D eigenvalue weighted by Crippen LogP contribution is -2.21. The van der Waals surface area contributed by atoms with Gasteiger partial charge >= 0.3 is 5.97 Å². The van der Waals surface area contributed by atoms with Gasteiger partial charge in [0, 0.05) is 0 Å². The first-order valence-corrected chi connectivity index (χ1v) is 8.07. The number of amides is 1. The summed E-state index contributed by atoms with van der Waals surface area (Å²) in [5.74, 6) is -0.833. The van der Waals surface area contributed by atoms with Gasteiger partial charge in [0.25, 0.3) is 5.91 Å². The van der Waals surface area contributed by atoms with Crippen LogP contribution in [0.3, 0.4) is 0 Å². The molecular weight excluding hydrogens is 356 g/mol. The summed E-state index contributed by atoms with van der Waals surface area (Å²) < 4.78 is 5.19. The molecule has 26 heavy (non-hydrogen) atoms. The summed E-state index contributed by atoms with van der Waals surface area (Å²) >= 11 is 5.88. The molecule has 132 valence electrons. The van der Waals surface area contributed by atoms with Crippen LogP contribution in [0.4, 0.5) is 5.69 Å². The normalized spacial score (nSPS) is 15.3. The van der Waals surface area contributed by atoms with Crippen LogP contribution in [0.15, 0.2) is 53.1 Å². The average molecular weight is 371 g/mol. The van der Waals surface area contributed by atoms with Crippen molar-refractivity contribution in [2.45, 2.75) is 6.92 Å². The zero-order valence-corrected chi connectivity index (χ0v) is 14.8. The molecule has 1 aliphatic heterocycles. The van der Waals surface area contributed by atoms with Gasteiger partial charge in [-0.1, -0.05) is 23.7 Å². The van der Waals surface area contributed by atoms with Gasteiger partial charge in [-0.05, 0) is 48.9 Å². The van der Waals surface area contributed by atoms with Crippen molar-refractivity contribution in [3.63, 3.8) is 0 Å². The van der Waals surface area contributed by atoms with E-state index in [9.17, 15) is 14.7 Å². The van der Waals surface area contributed by atoms with Crippen molar-refractivity contribution in [3.05, 3.63) is 64.2 Å². The van der Waals surface area contributed by atoms with Crippen LogP contribution in [0.25, 0.3) is 6.08 Å². The van der Waals surface area contributed by atoms with Crippen LogP contribution in [-0.4, -0.2) is 29.8 Å². The Morgan fingerprint density at radius 3 is 2.73 bits per heavy atom. The fourth-order valence-corrected chi connectivity index (χ4v) is 2.76. The lowest BCUT2D eigenvalue weighted by Gasteiger charge is -2.13. The Morgan fingerprint density at radius 1 is 1.27 bits per heavy atom. The van der Waals surface area contributed by atoms with Crippen LogP contribution < -0.4 is 9.75 Å². The number of benzene rings is 2. The molecule has 1 amide bonds. The van der Waals surface area contributed by atoms with Gasteiger partial charge in [0.2, 0.25) is 0 Å². The van der Waals surface area contributed by atoms with Crippen molar-refractivity contribution in [1.82, 2.24) is 0 Å². The van der Waals surface area contributed by atoms with Crippen molar-refractivity contribution in [2.24, 2.45) is 5.10 Å². The molecule has 0 unspecified atom stereocenters. The quantitative estimate of drug-likeness (QED) is 0.829. The number of carboxylic acids is 1. The molecule has 6 nitrogen and oxygen atoms in total. The van der Waals surface area contributed by atoms with E-state index < -0.39 is 5.97 Å². The highest BCUT2D eigenvalue weighted by molar-refractivity contribution is 6.34. The van der Waals surface area contributed by atoms with Crippen LogP contribution in [0.5, 0.6) is 5.75 Å². The molecule has 0 aromatic heterocycles. The Bertz CT molecular complexity index is 966. The highest BCUT2D eigenvalue weighted by Crippen LogP contribution is 2.29. The minimum atomic E-state index is -1.17. The number of halogens is 1. The van der Waals surface area contributed by atoms with E-state index in [1.165, 1.54) is 17.1 Å². The van der Waals surface area contributed by atoms with E-state index in [0.29, 0.717) is 22.7 Å². The van der Waals surface area contributed by atoms with Crippen LogP contribution in [0, 0.1) is 0 Å². The van der Waals surface area contributed by atoms with Crippen LogP contribution >= 0.6 is 11.6 Å². The predicted octanol–water partition coefficient (Wildman–Crippen LogP) is 3.85. The van der Waals surface area contributed by atoms with E-state index >= 15 is 0 Å². The zero-order chi connectivity index (χ0) is 18.8. The molecule has 0 bridgehead atoms. The maximum absolute atomic E-state index is 12.8. The Kier molecular flexibility index (Phi) is 4.77. The predicted molar refractivity (Wildman–Crippen MR) is 100.0 cm³/mol. The number of rotatable bonds is 4. The standard InChI is InChI=1S/C19H15ClN2O4/c1-11-15(9-12-4-3-5-14(8-12)26-2)18(23)22(21-11)13-6-7-17(20)16(10-13)19(24)25/h3-10H,1-2H3,(H,24,25)/b15-9-. The summed E-state index contributed by atoms with van der Waals surface area (Å²) in [4.78, 5) is 24.0. The van der Waals surface area contributed by atoms with Crippen molar-refractivity contribution in [3.8, 4) is 5.75 Å². The number of carboxylic acid groups (broad SMARTS) is 1. The number of hydrogen-bond acceptors (Lipinski definition) is 4. The molecule has 0 atom stereocenters. The van der Waals surface area contributed by atoms with E-state index in [0.717, 1.165) is 5.56 Å². The molecular formula is C19H15ClN2O4. The molecule has 0 fully saturated rings. The van der Waals surface area contributed by atoms with Gasteiger partial charge in [-0.2, -0.15) is 10.1 Å². The molecule has 2 aromatic rings. The van der Waals surface area contributed by atoms with Gasteiger partial charge in [-0.3, -0.25) is 4.79 Å². The van der Waals surface area contributed by atoms with Gasteiger partial charge in [-0.25, -0.2) is 4.79 Å². The van der Waals surface area contributed by atoms with Crippen molar-refractivity contribution in [1.29, 1.82) is 0 Å². The molecule has 0 aliphatic carbocycles. The molecule has 0 spiro atoms. The summed E-state index contributed by atoms with van der Waals surface area (Å²) in [6.45, 7) is 1.72. The number of hydrazone groups is 1. The molecule has 2 aromatic carbocycles. The fourth-order valence-electron chi connectivity index (χ4n) is 2.57. The highest BCUT2D eigenvalue weighted by Gasteiger charge is 2.29. The van der Waals surface area contributed by atoms with E-state index in [4.69, 9.17) is 16.3 Å². The van der Waals surface area contributed by atoms with Crippen LogP contribution in [0.1, 0.15) is 22.8 Å². The largest absolute Gasteiger partial charge is 0.497 e. The monoisotopic (exact) mass is 370 g/mol. The van der Waals surface area contributed by atoms with E-state index in [-0.39, 0.29) is 16.5 Å². The Balaban J connectivity index is 1.97. The third kappa shape index (κ3) is 3.32. The van der Waals surface area contributed by atoms with E-state index in [1.807, 2.05) is 18.2 Å². The Hall–Kier alpha value is -3.12. The lowest BCUT2D eigenvalue weighted by atomic mass is 10.1. The number of hydrogen-bond donors (Lipinski definition) is 1. The second-order valence-corrected chi connectivity index (χ2v) is 6.01. The number of methoxy groups -OCH3 is 1. The van der Waals surface area contributed by atoms with Crippen molar-refractivity contribution >= 4 is 41.0 Å². The summed E-state index contributed by atoms with van der Waals surface area (Å²) in [5.41, 5.74) is 2.00. The second-order valence-electron chi connectivity index (χ2n) is 5.61. The van der Waals surface area contributed by atoms with Crippen molar-refractivity contribution in [2.75, 3.05) is 12.1 Å². The first kappa shape index (κ1) is 17.7. The second kappa shape index (κ2) is 7.01. The molecule has 1 N–H and O–H groups in total. The molecule has 0 radical (unpaired) electrons. The molecule has 0 saturated heterocycles. The Morgan fingerprint density at radius 2 is 2.04 bits per heavy atom. The van der Waals surface area contributed by atoms with Crippen LogP contribution in [-0.2, 0) is 4.79 Å². The van der Waals surface area contributed by atoms with E-state index in [1.54, 1.807) is 32.2 Å². The molecule has 3 rings (SSSR count). The summed E-state index contributed by atoms with van der Waals surface area (Å²) in [6.07, 6.45) is 1.72. The SMILES string of the molecule is COc1cccc(/C=C2\C(=O)N(c3ccc(Cl)c(C(=O)O)c3)N=C2C)c1. The summed E-state index contributed by atoms with van der Waals surface area (Å²) in [6, 6.07) is 11.6. The highest BCUT2D eigenvalue weighted by atomic mass is 35.5.